The smallest absolute Gasteiger partial charge is 0.264 e. The van der Waals surface area contributed by atoms with Gasteiger partial charge >= 0.3 is 0 Å². The van der Waals surface area contributed by atoms with Crippen LogP contribution in [0, 0.1) is 12.4 Å². The van der Waals surface area contributed by atoms with E-state index in [0.717, 1.165) is 39.7 Å². The minimum absolute atomic E-state index is 0.0177. The second-order valence-electron chi connectivity index (χ2n) is 11.0. The van der Waals surface area contributed by atoms with Crippen molar-refractivity contribution in [1.29, 1.82) is 0 Å². The van der Waals surface area contributed by atoms with E-state index in [2.05, 4.69) is 14.8 Å². The summed E-state index contributed by atoms with van der Waals surface area (Å²) >= 11 is 1.41. The molecule has 1 fully saturated rings. The molecule has 202 valence electrons. The van der Waals surface area contributed by atoms with Gasteiger partial charge in [-0.15, -0.1) is 11.3 Å². The van der Waals surface area contributed by atoms with Gasteiger partial charge in [-0.05, 0) is 76.2 Å². The first-order chi connectivity index (χ1) is 18.6. The number of thiophene rings is 1. The second-order valence-corrected chi connectivity index (χ2v) is 12.0. The lowest BCUT2D eigenvalue weighted by Gasteiger charge is -2.35. The van der Waals surface area contributed by atoms with Crippen LogP contribution in [0.2, 0.25) is 0 Å². The number of likely N-dealkylation sites (N-methyl/N-ethyl adjacent to an activating group) is 1. The van der Waals surface area contributed by atoms with Crippen molar-refractivity contribution in [2.45, 2.75) is 38.3 Å². The van der Waals surface area contributed by atoms with Crippen LogP contribution in [0.25, 0.3) is 37.3 Å². The summed E-state index contributed by atoms with van der Waals surface area (Å²) in [6.45, 7) is 12.4. The number of hydrogen-bond acceptors (Lipinski definition) is 5. The van der Waals surface area contributed by atoms with E-state index in [0.29, 0.717) is 29.6 Å². The Bertz CT molecular complexity index is 1580. The maximum Gasteiger partial charge on any atom is 0.264 e. The van der Waals surface area contributed by atoms with Crippen molar-refractivity contribution < 1.29 is 14.3 Å². The molecule has 1 N–H and O–H groups in total. The Morgan fingerprint density at radius 2 is 2.00 bits per heavy atom. The molecule has 5 rings (SSSR count). The van der Waals surface area contributed by atoms with Crippen LogP contribution in [0.4, 0.5) is 10.1 Å². The summed E-state index contributed by atoms with van der Waals surface area (Å²) in [7, 11) is 4.09. The Hall–Kier alpha value is -3.58. The monoisotopic (exact) mass is 545 g/mol. The van der Waals surface area contributed by atoms with Crippen LogP contribution in [-0.2, 0) is 5.54 Å². The maximum atomic E-state index is 14.7. The fourth-order valence-corrected chi connectivity index (χ4v) is 6.10. The summed E-state index contributed by atoms with van der Waals surface area (Å²) in [6.07, 6.45) is 3.92. The van der Waals surface area contributed by atoms with Crippen molar-refractivity contribution in [2.75, 3.05) is 33.8 Å². The zero-order valence-corrected chi connectivity index (χ0v) is 23.4. The van der Waals surface area contributed by atoms with E-state index in [1.807, 2.05) is 63.3 Å². The summed E-state index contributed by atoms with van der Waals surface area (Å²) < 4.78 is 16.4. The third-order valence-electron chi connectivity index (χ3n) is 7.51. The van der Waals surface area contributed by atoms with Gasteiger partial charge in [0.05, 0.1) is 29.1 Å². The van der Waals surface area contributed by atoms with Gasteiger partial charge in [-0.1, -0.05) is 18.2 Å². The fraction of sp³-hybridized carbons (Fsp3) is 0.367. The lowest BCUT2D eigenvalue weighted by molar-refractivity contribution is 0.0640. The van der Waals surface area contributed by atoms with Crippen LogP contribution >= 0.6 is 11.3 Å². The molecule has 0 bridgehead atoms. The molecule has 3 heterocycles. The first-order valence-corrected chi connectivity index (χ1v) is 13.8. The molecule has 0 radical (unpaired) electrons. The van der Waals surface area contributed by atoms with Gasteiger partial charge in [0.2, 0.25) is 5.69 Å². The average Bonchev–Trinajstić information content (AvgIpc) is 3.57. The highest BCUT2D eigenvalue weighted by Crippen LogP contribution is 2.42. The lowest BCUT2D eigenvalue weighted by Crippen LogP contribution is -2.47. The van der Waals surface area contributed by atoms with Gasteiger partial charge in [0, 0.05) is 41.2 Å². The molecule has 1 atom stereocenters. The van der Waals surface area contributed by atoms with Gasteiger partial charge < -0.3 is 14.9 Å². The van der Waals surface area contributed by atoms with Crippen molar-refractivity contribution in [3.05, 3.63) is 70.8 Å². The quantitative estimate of drug-likeness (QED) is 0.301. The number of aliphatic hydroxyl groups excluding tert-OH is 1. The Morgan fingerprint density at radius 3 is 2.69 bits per heavy atom. The third-order valence-corrected chi connectivity index (χ3v) is 8.68. The van der Waals surface area contributed by atoms with Crippen molar-refractivity contribution in [3.8, 4) is 21.6 Å². The molecule has 0 aliphatic carbocycles. The number of hydrogen-bond donors (Lipinski definition) is 1. The topological polar surface area (TPSA) is 66.0 Å². The molecule has 1 aliphatic heterocycles. The van der Waals surface area contributed by atoms with E-state index in [9.17, 15) is 14.3 Å². The van der Waals surface area contributed by atoms with E-state index in [1.165, 1.54) is 23.5 Å². The predicted molar refractivity (Wildman–Crippen MR) is 154 cm³/mol. The number of benzene rings is 2. The SMILES string of the molecule is [C-]#[N+]c1ccc(-c2cc(C(=O)N3CCC[C@@H](N(C)C)C3)sc2-c2ccc3nn(C(C)(C)CO)cc3c2)cc1F. The van der Waals surface area contributed by atoms with E-state index >= 15 is 0 Å². The Kier molecular flexibility index (Phi) is 7.29. The fourth-order valence-electron chi connectivity index (χ4n) is 4.96. The number of nitrogens with zero attached hydrogens (tertiary/aromatic N) is 5. The average molecular weight is 546 g/mol. The van der Waals surface area contributed by atoms with Gasteiger partial charge in [0.15, 0.2) is 0 Å². The minimum atomic E-state index is -0.583. The highest BCUT2D eigenvalue weighted by molar-refractivity contribution is 7.18. The predicted octanol–water partition coefficient (Wildman–Crippen LogP) is 6.02. The molecule has 1 amide bonds. The summed E-state index contributed by atoms with van der Waals surface area (Å²) in [5, 5.41) is 15.3. The molecule has 2 aromatic carbocycles. The van der Waals surface area contributed by atoms with E-state index in [1.54, 1.807) is 10.7 Å². The largest absolute Gasteiger partial charge is 0.394 e. The molecule has 1 saturated heterocycles. The summed E-state index contributed by atoms with van der Waals surface area (Å²) in [6, 6.07) is 12.7. The van der Waals surface area contributed by atoms with Gasteiger partial charge in [-0.25, -0.2) is 9.24 Å². The summed E-state index contributed by atoms with van der Waals surface area (Å²) in [4.78, 5) is 22.5. The molecule has 7 nitrogen and oxygen atoms in total. The number of fused-ring (bicyclic) bond motifs is 1. The molecule has 0 unspecified atom stereocenters. The van der Waals surface area contributed by atoms with Crippen LogP contribution in [0.1, 0.15) is 36.4 Å². The Labute approximate surface area is 231 Å². The van der Waals surface area contributed by atoms with Gasteiger partial charge in [-0.2, -0.15) is 5.10 Å². The Balaban J connectivity index is 1.60. The number of aromatic nitrogens is 2. The normalized spacial score (nSPS) is 16.2. The molecular formula is C30H32FN5O2S. The molecule has 4 aromatic rings. The number of amides is 1. The second kappa shape index (κ2) is 10.5. The molecule has 0 spiro atoms. The zero-order chi connectivity index (χ0) is 27.9. The number of aliphatic hydroxyl groups is 1. The number of carbonyl (C=O) groups excluding carboxylic acids is 1. The van der Waals surface area contributed by atoms with Crippen molar-refractivity contribution in [1.82, 2.24) is 19.6 Å². The van der Waals surface area contributed by atoms with Gasteiger partial charge in [-0.3, -0.25) is 9.48 Å². The molecule has 2 aromatic heterocycles. The summed E-state index contributed by atoms with van der Waals surface area (Å²) in [5.41, 5.74) is 2.48. The van der Waals surface area contributed by atoms with Crippen molar-refractivity contribution >= 4 is 33.8 Å². The standard InChI is InChI=1S/C30H32FN5O2S/c1-30(2,18-37)36-16-21-13-20(9-10-25(21)33-36)28-23(19-8-11-26(32-3)24(31)14-19)15-27(39-28)29(38)35-12-6-7-22(17-35)34(4)5/h8-11,13-16,22,37H,6-7,12,17-18H2,1-2,4-5H3/t22-/m1/s1. The first-order valence-electron chi connectivity index (χ1n) is 13.0. The van der Waals surface area contributed by atoms with Gasteiger partial charge in [0.1, 0.15) is 5.82 Å². The zero-order valence-electron chi connectivity index (χ0n) is 22.6. The number of piperidine rings is 1. The number of halogens is 1. The molecule has 1 aliphatic rings. The number of likely N-dealkylation sites (tertiary alicyclic amines) is 1. The highest BCUT2D eigenvalue weighted by atomic mass is 32.1. The van der Waals surface area contributed by atoms with E-state index in [4.69, 9.17) is 6.57 Å². The van der Waals surface area contributed by atoms with Crippen LogP contribution in [0.3, 0.4) is 0 Å². The van der Waals surface area contributed by atoms with Crippen molar-refractivity contribution in [2.24, 2.45) is 0 Å². The number of rotatable bonds is 6. The first kappa shape index (κ1) is 27.0. The third kappa shape index (κ3) is 5.20. The molecule has 9 heteroatoms. The van der Waals surface area contributed by atoms with Crippen LogP contribution in [0.5, 0.6) is 0 Å². The summed E-state index contributed by atoms with van der Waals surface area (Å²) in [5.74, 6) is -0.601. The molecule has 39 heavy (non-hydrogen) atoms. The van der Waals surface area contributed by atoms with Crippen molar-refractivity contribution in [3.63, 3.8) is 0 Å². The minimum Gasteiger partial charge on any atom is -0.394 e. The Morgan fingerprint density at radius 1 is 1.23 bits per heavy atom. The molecule has 0 saturated carbocycles. The van der Waals surface area contributed by atoms with Gasteiger partial charge in [0.25, 0.3) is 5.91 Å². The highest BCUT2D eigenvalue weighted by Gasteiger charge is 2.28. The molecular weight excluding hydrogens is 513 g/mol. The number of carbonyl (C=O) groups is 1. The van der Waals surface area contributed by atoms with Crippen LogP contribution < -0.4 is 0 Å². The van der Waals surface area contributed by atoms with E-state index < -0.39 is 11.4 Å². The van der Waals surface area contributed by atoms with E-state index in [-0.39, 0.29) is 18.2 Å². The maximum absolute atomic E-state index is 14.7. The van der Waals surface area contributed by atoms with Crippen LogP contribution in [-0.4, -0.2) is 70.4 Å². The van der Waals surface area contributed by atoms with Crippen LogP contribution in [0.15, 0.2) is 48.7 Å². The lowest BCUT2D eigenvalue weighted by atomic mass is 10.0.